The Bertz CT molecular complexity index is 2050. The Kier molecular flexibility index (Phi) is 27.5. The molecule has 0 heterocycles. The minimum absolute atomic E-state index is 0. The summed E-state index contributed by atoms with van der Waals surface area (Å²) in [6.07, 6.45) is 5.25. The molecule has 3 aliphatic carbocycles. The molecule has 17 heteroatoms. The molecular formula is C50H64Cl3NaO13. The van der Waals surface area contributed by atoms with Crippen LogP contribution in [0.3, 0.4) is 0 Å². The van der Waals surface area contributed by atoms with Crippen LogP contribution >= 0.6 is 34.8 Å². The molecule has 67 heavy (non-hydrogen) atoms. The van der Waals surface area contributed by atoms with Gasteiger partial charge in [-0.2, -0.15) is 0 Å². The standard InChI is InChI=1S/C17H21ClO4.C16H19ClO4.C15H19ClO2.2CH2O.Na.H2O/c1-16(11-21-2)8-9-17(14(16)19,15(20)22-3)10-12-4-6-13(18)7-5-12;1-15(10-18)7-8-16(13(15)19,14(20)21-2)9-11-3-5-12(17)6-4-11;1-15(10-18-2)8-7-12(14(15)17)9-11-3-5-13(16)6-4-11;2*1-2;;/h4-7H,8-11H2,1-3H3;3-6,18H,7-10H2,1-2H3;3-6,12H,7-10H2,1-2H3;2*1H2;;1H2/q;;;;;+1;/p-1. The molecule has 6 atom stereocenters. The fraction of sp³-hybridized carbons (Fsp3) is 0.500. The fourth-order valence-electron chi connectivity index (χ4n) is 9.16. The smallest absolute Gasteiger partial charge is 0.870 e. The average Bonchev–Trinajstić information content (AvgIpc) is 3.85. The topological polar surface area (TPSA) is 207 Å². The van der Waals surface area contributed by atoms with Gasteiger partial charge in [0.2, 0.25) is 0 Å². The van der Waals surface area contributed by atoms with Crippen molar-refractivity contribution >= 4 is 77.7 Å². The van der Waals surface area contributed by atoms with Crippen LogP contribution in [0.5, 0.6) is 0 Å². The van der Waals surface area contributed by atoms with E-state index in [1.165, 1.54) is 19.8 Å². The number of Topliss-reactive ketones (excluding diaryl/α,β-unsaturated/α-hetero) is 3. The molecule has 6 unspecified atom stereocenters. The number of halogens is 3. The maximum Gasteiger partial charge on any atom is 1.00 e. The van der Waals surface area contributed by atoms with Crippen LogP contribution in [0.2, 0.25) is 15.1 Å². The molecule has 364 valence electrons. The summed E-state index contributed by atoms with van der Waals surface area (Å²) in [5.74, 6) is -0.847. The number of ether oxygens (including phenoxy) is 4. The number of hydrogen-bond donors (Lipinski definition) is 1. The number of carbonyl (C=O) groups excluding carboxylic acids is 7. The van der Waals surface area contributed by atoms with Crippen LogP contribution in [0, 0.1) is 33.0 Å². The predicted octanol–water partition coefficient (Wildman–Crippen LogP) is 5.43. The van der Waals surface area contributed by atoms with Gasteiger partial charge < -0.3 is 39.1 Å². The number of rotatable bonds is 13. The van der Waals surface area contributed by atoms with Crippen molar-refractivity contribution in [1.82, 2.24) is 0 Å². The first-order valence-electron chi connectivity index (χ1n) is 21.0. The van der Waals surface area contributed by atoms with Crippen LogP contribution in [-0.2, 0) is 71.8 Å². The molecule has 2 N–H and O–H groups in total. The zero-order valence-corrected chi connectivity index (χ0v) is 44.2. The van der Waals surface area contributed by atoms with Crippen molar-refractivity contribution in [2.75, 3.05) is 48.3 Å². The summed E-state index contributed by atoms with van der Waals surface area (Å²) in [6.45, 7) is 10.1. The van der Waals surface area contributed by atoms with Crippen LogP contribution in [0.1, 0.15) is 76.0 Å². The van der Waals surface area contributed by atoms with Crippen LogP contribution in [-0.4, -0.2) is 102 Å². The Morgan fingerprint density at radius 2 is 0.925 bits per heavy atom. The van der Waals surface area contributed by atoms with Crippen molar-refractivity contribution in [2.24, 2.45) is 33.0 Å². The number of aliphatic hydroxyl groups excluding tert-OH is 1. The van der Waals surface area contributed by atoms with Crippen LogP contribution in [0.4, 0.5) is 0 Å². The molecule has 0 aromatic heterocycles. The van der Waals surface area contributed by atoms with Gasteiger partial charge in [-0.3, -0.25) is 24.0 Å². The summed E-state index contributed by atoms with van der Waals surface area (Å²) in [7, 11) is 5.83. The summed E-state index contributed by atoms with van der Waals surface area (Å²) in [5.41, 5.74) is -1.22. The molecule has 0 spiro atoms. The first kappa shape index (κ1) is 63.7. The fourth-order valence-corrected chi connectivity index (χ4v) is 9.54. The quantitative estimate of drug-likeness (QED) is 0.129. The second kappa shape index (κ2) is 29.0. The molecule has 3 aliphatic rings. The molecule has 3 aromatic rings. The normalized spacial score (nSPS) is 25.7. The summed E-state index contributed by atoms with van der Waals surface area (Å²) in [5, 5.41) is 11.5. The Morgan fingerprint density at radius 3 is 1.27 bits per heavy atom. The Balaban J connectivity index is 0.000000929. The average molecular weight is 1000 g/mol. The maximum absolute atomic E-state index is 13.0. The predicted molar refractivity (Wildman–Crippen MR) is 252 cm³/mol. The second-order valence-electron chi connectivity index (χ2n) is 17.5. The molecule has 0 bridgehead atoms. The van der Waals surface area contributed by atoms with Crippen LogP contribution in [0.25, 0.3) is 0 Å². The summed E-state index contributed by atoms with van der Waals surface area (Å²) >= 11 is 17.6. The van der Waals surface area contributed by atoms with E-state index in [9.17, 15) is 29.1 Å². The number of hydrogen-bond acceptors (Lipinski definition) is 13. The minimum Gasteiger partial charge on any atom is -0.870 e. The summed E-state index contributed by atoms with van der Waals surface area (Å²) in [4.78, 5) is 78.8. The van der Waals surface area contributed by atoms with E-state index < -0.39 is 33.6 Å². The number of ketones is 3. The first-order valence-corrected chi connectivity index (χ1v) is 22.1. The summed E-state index contributed by atoms with van der Waals surface area (Å²) < 4.78 is 20.2. The zero-order chi connectivity index (χ0) is 49.2. The van der Waals surface area contributed by atoms with Crippen molar-refractivity contribution in [2.45, 2.75) is 78.6 Å². The summed E-state index contributed by atoms with van der Waals surface area (Å²) in [6, 6.07) is 22.0. The third-order valence-electron chi connectivity index (χ3n) is 12.8. The zero-order valence-electron chi connectivity index (χ0n) is 39.9. The second-order valence-corrected chi connectivity index (χ2v) is 18.9. The van der Waals surface area contributed by atoms with Gasteiger partial charge in [0.05, 0.1) is 44.9 Å². The Morgan fingerprint density at radius 1 is 0.582 bits per heavy atom. The Hall–Kier alpha value is -3.34. The molecular weight excluding hydrogens is 938 g/mol. The van der Waals surface area contributed by atoms with E-state index >= 15 is 0 Å². The molecule has 3 aromatic carbocycles. The molecule has 0 radical (unpaired) electrons. The van der Waals surface area contributed by atoms with Crippen molar-refractivity contribution in [1.29, 1.82) is 0 Å². The molecule has 0 amide bonds. The van der Waals surface area contributed by atoms with Gasteiger partial charge >= 0.3 is 41.5 Å². The van der Waals surface area contributed by atoms with Gasteiger partial charge in [-0.1, -0.05) is 92.0 Å². The van der Waals surface area contributed by atoms with Gasteiger partial charge in [0.1, 0.15) is 30.2 Å². The molecule has 0 saturated heterocycles. The van der Waals surface area contributed by atoms with Gasteiger partial charge in [-0.15, -0.1) is 0 Å². The van der Waals surface area contributed by atoms with E-state index in [-0.39, 0.29) is 71.0 Å². The van der Waals surface area contributed by atoms with Gasteiger partial charge in [-0.25, -0.2) is 0 Å². The van der Waals surface area contributed by atoms with Crippen molar-refractivity contribution in [3.8, 4) is 0 Å². The van der Waals surface area contributed by atoms with Crippen molar-refractivity contribution < 1.29 is 92.6 Å². The first-order chi connectivity index (χ1) is 30.8. The van der Waals surface area contributed by atoms with E-state index in [0.717, 1.165) is 35.4 Å². The molecule has 6 rings (SSSR count). The third kappa shape index (κ3) is 15.6. The number of aliphatic hydroxyl groups is 1. The van der Waals surface area contributed by atoms with E-state index in [1.807, 2.05) is 63.8 Å². The van der Waals surface area contributed by atoms with Gasteiger partial charge in [-0.05, 0) is 111 Å². The SMILES string of the molecule is C=O.C=O.COC(=O)C1(Cc2ccc(Cl)cc2)CCC(C)(CO)C1=O.COCC1(C)CCC(Cc2ccc(Cl)cc2)(C(=O)OC)C1=O.COCC1(C)CCC(Cc2ccc(Cl)cc2)C1=O.[Na+].[OH-]. The van der Waals surface area contributed by atoms with Crippen molar-refractivity contribution in [3.63, 3.8) is 0 Å². The van der Waals surface area contributed by atoms with E-state index in [1.54, 1.807) is 57.5 Å². The minimum atomic E-state index is -1.21. The van der Waals surface area contributed by atoms with Crippen molar-refractivity contribution in [3.05, 3.63) is 105 Å². The monoisotopic (exact) mass is 1000 g/mol. The Labute approximate surface area is 431 Å². The van der Waals surface area contributed by atoms with Gasteiger partial charge in [0.25, 0.3) is 0 Å². The van der Waals surface area contributed by atoms with Gasteiger partial charge in [0, 0.05) is 40.6 Å². The third-order valence-corrected chi connectivity index (χ3v) is 13.6. The largest absolute Gasteiger partial charge is 1.00 e. The van der Waals surface area contributed by atoms with Crippen LogP contribution in [0.15, 0.2) is 72.8 Å². The van der Waals surface area contributed by atoms with E-state index in [4.69, 9.17) is 63.3 Å². The number of benzene rings is 3. The number of methoxy groups -OCH3 is 4. The molecule has 13 nitrogen and oxygen atoms in total. The number of esters is 2. The molecule has 3 fully saturated rings. The molecule has 3 saturated carbocycles. The number of carbonyl (C=O) groups is 7. The van der Waals surface area contributed by atoms with E-state index in [0.29, 0.717) is 61.1 Å². The molecule has 0 aliphatic heterocycles. The van der Waals surface area contributed by atoms with Gasteiger partial charge in [0.15, 0.2) is 11.6 Å². The van der Waals surface area contributed by atoms with Crippen LogP contribution < -0.4 is 29.6 Å². The maximum atomic E-state index is 13.0. The van der Waals surface area contributed by atoms with E-state index in [2.05, 4.69) is 0 Å².